The number of aryl methyl sites for hydroxylation is 1. The van der Waals surface area contributed by atoms with Gasteiger partial charge in [0.1, 0.15) is 5.75 Å². The van der Waals surface area contributed by atoms with E-state index in [0.29, 0.717) is 11.6 Å². The third kappa shape index (κ3) is 4.36. The molecular formula is C12H14N2O3S2. The molecule has 7 heteroatoms. The Morgan fingerprint density at radius 2 is 2.05 bits per heavy atom. The summed E-state index contributed by atoms with van der Waals surface area (Å²) in [5.41, 5.74) is 1.18. The first-order valence-corrected chi connectivity index (χ1v) is 8.66. The fourth-order valence-electron chi connectivity index (χ4n) is 1.50. The van der Waals surface area contributed by atoms with Crippen molar-refractivity contribution in [3.05, 3.63) is 41.5 Å². The number of nitrogens with zero attached hydrogens (tertiary/aromatic N) is 2. The highest BCUT2D eigenvalue weighted by Crippen LogP contribution is 2.25. The van der Waals surface area contributed by atoms with E-state index in [0.717, 1.165) is 11.2 Å². The second-order valence-electron chi connectivity index (χ2n) is 4.23. The molecule has 2 rings (SSSR count). The van der Waals surface area contributed by atoms with Crippen molar-refractivity contribution < 1.29 is 12.9 Å². The minimum atomic E-state index is -3.13. The predicted molar refractivity (Wildman–Crippen MR) is 73.6 cm³/mol. The van der Waals surface area contributed by atoms with E-state index in [1.807, 2.05) is 31.2 Å². The molecule has 0 atom stereocenters. The van der Waals surface area contributed by atoms with Gasteiger partial charge in [-0.1, -0.05) is 23.4 Å². The maximum Gasteiger partial charge on any atom is 0.237 e. The van der Waals surface area contributed by atoms with Gasteiger partial charge in [-0.15, -0.1) is 11.8 Å². The number of benzene rings is 1. The van der Waals surface area contributed by atoms with E-state index in [4.69, 9.17) is 4.52 Å². The Morgan fingerprint density at radius 1 is 1.32 bits per heavy atom. The fourth-order valence-corrected chi connectivity index (χ4v) is 2.95. The van der Waals surface area contributed by atoms with Crippen molar-refractivity contribution in [1.82, 2.24) is 10.1 Å². The summed E-state index contributed by atoms with van der Waals surface area (Å²) in [7, 11) is -3.13. The van der Waals surface area contributed by atoms with E-state index >= 15 is 0 Å². The molecule has 0 aliphatic carbocycles. The van der Waals surface area contributed by atoms with Crippen molar-refractivity contribution in [3.63, 3.8) is 0 Å². The van der Waals surface area contributed by atoms with Gasteiger partial charge in [0, 0.05) is 11.2 Å². The molecule has 19 heavy (non-hydrogen) atoms. The SMILES string of the molecule is Cc1ccccc1SCc1nc(CS(C)(=O)=O)no1. The Bertz CT molecular complexity index is 665. The van der Waals surface area contributed by atoms with Crippen LogP contribution in [0.25, 0.3) is 0 Å². The molecule has 1 aromatic heterocycles. The monoisotopic (exact) mass is 298 g/mol. The molecular weight excluding hydrogens is 284 g/mol. The standard InChI is InChI=1S/C12H14N2O3S2/c1-9-5-3-4-6-10(9)18-7-12-13-11(14-17-12)8-19(2,15)16/h3-6H,7-8H2,1-2H3. The first kappa shape index (κ1) is 14.1. The minimum Gasteiger partial charge on any atom is -0.338 e. The van der Waals surface area contributed by atoms with E-state index in [9.17, 15) is 8.42 Å². The highest BCUT2D eigenvalue weighted by atomic mass is 32.2. The van der Waals surface area contributed by atoms with E-state index in [1.54, 1.807) is 11.8 Å². The van der Waals surface area contributed by atoms with Crippen LogP contribution < -0.4 is 0 Å². The van der Waals surface area contributed by atoms with Crippen LogP contribution in [0.4, 0.5) is 0 Å². The molecule has 1 aromatic carbocycles. The molecule has 0 amide bonds. The van der Waals surface area contributed by atoms with Crippen LogP contribution in [0.2, 0.25) is 0 Å². The van der Waals surface area contributed by atoms with Gasteiger partial charge < -0.3 is 4.52 Å². The second-order valence-corrected chi connectivity index (χ2v) is 7.39. The topological polar surface area (TPSA) is 73.1 Å². The maximum atomic E-state index is 11.1. The summed E-state index contributed by atoms with van der Waals surface area (Å²) in [6.07, 6.45) is 1.14. The van der Waals surface area contributed by atoms with Crippen LogP contribution >= 0.6 is 11.8 Å². The molecule has 5 nitrogen and oxygen atoms in total. The van der Waals surface area contributed by atoms with Crippen molar-refractivity contribution in [2.45, 2.75) is 23.3 Å². The van der Waals surface area contributed by atoms with Crippen LogP contribution in [0, 0.1) is 6.92 Å². The van der Waals surface area contributed by atoms with Gasteiger partial charge in [-0.05, 0) is 18.6 Å². The largest absolute Gasteiger partial charge is 0.338 e. The predicted octanol–water partition coefficient (Wildman–Crippen LogP) is 2.21. The van der Waals surface area contributed by atoms with Crippen LogP contribution in [0.3, 0.4) is 0 Å². The molecule has 0 saturated carbocycles. The van der Waals surface area contributed by atoms with Gasteiger partial charge in [0.2, 0.25) is 5.89 Å². The Kier molecular flexibility index (Phi) is 4.26. The number of aromatic nitrogens is 2. The molecule has 1 heterocycles. The molecule has 102 valence electrons. The van der Waals surface area contributed by atoms with E-state index in [1.165, 1.54) is 5.56 Å². The van der Waals surface area contributed by atoms with Gasteiger partial charge in [-0.25, -0.2) is 8.42 Å². The zero-order valence-corrected chi connectivity index (χ0v) is 12.3. The lowest BCUT2D eigenvalue weighted by molar-refractivity contribution is 0.386. The van der Waals surface area contributed by atoms with Crippen LogP contribution in [-0.2, 0) is 21.3 Å². The summed E-state index contributed by atoms with van der Waals surface area (Å²) >= 11 is 1.59. The fraction of sp³-hybridized carbons (Fsp3) is 0.333. The number of hydrogen-bond acceptors (Lipinski definition) is 6. The summed E-state index contributed by atoms with van der Waals surface area (Å²) in [5.74, 6) is 0.988. The lowest BCUT2D eigenvalue weighted by Crippen LogP contribution is -2.02. The molecule has 0 N–H and O–H groups in total. The van der Waals surface area contributed by atoms with Crippen molar-refractivity contribution >= 4 is 21.6 Å². The summed E-state index contributed by atoms with van der Waals surface area (Å²) in [6.45, 7) is 2.03. The average molecular weight is 298 g/mol. The molecule has 0 saturated heterocycles. The van der Waals surface area contributed by atoms with Crippen LogP contribution in [0.15, 0.2) is 33.7 Å². The highest BCUT2D eigenvalue weighted by Gasteiger charge is 2.12. The van der Waals surface area contributed by atoms with Crippen LogP contribution in [0.1, 0.15) is 17.3 Å². The number of thioether (sulfide) groups is 1. The molecule has 0 radical (unpaired) electrons. The molecule has 0 aliphatic rings. The molecule has 0 unspecified atom stereocenters. The smallest absolute Gasteiger partial charge is 0.237 e. The molecule has 0 aliphatic heterocycles. The molecule has 0 spiro atoms. The van der Waals surface area contributed by atoms with Crippen molar-refractivity contribution in [2.24, 2.45) is 0 Å². The summed E-state index contributed by atoms with van der Waals surface area (Å²) < 4.78 is 27.2. The van der Waals surface area contributed by atoms with Gasteiger partial charge in [0.15, 0.2) is 15.7 Å². The van der Waals surface area contributed by atoms with Crippen molar-refractivity contribution in [2.75, 3.05) is 6.26 Å². The molecule has 0 bridgehead atoms. The summed E-state index contributed by atoms with van der Waals surface area (Å²) in [5, 5.41) is 3.66. The Balaban J connectivity index is 1.99. The average Bonchev–Trinajstić information content (AvgIpc) is 2.73. The van der Waals surface area contributed by atoms with Crippen molar-refractivity contribution in [1.29, 1.82) is 0 Å². The zero-order valence-electron chi connectivity index (χ0n) is 10.7. The maximum absolute atomic E-state index is 11.1. The Hall–Kier alpha value is -1.34. The van der Waals surface area contributed by atoms with Gasteiger partial charge in [-0.2, -0.15) is 4.98 Å². The lowest BCUT2D eigenvalue weighted by Gasteiger charge is -2.01. The normalized spacial score (nSPS) is 11.7. The van der Waals surface area contributed by atoms with Gasteiger partial charge in [0.05, 0.1) is 5.75 Å². The lowest BCUT2D eigenvalue weighted by atomic mass is 10.2. The van der Waals surface area contributed by atoms with E-state index in [-0.39, 0.29) is 11.6 Å². The third-order valence-electron chi connectivity index (χ3n) is 2.35. The van der Waals surface area contributed by atoms with E-state index < -0.39 is 9.84 Å². The van der Waals surface area contributed by atoms with Gasteiger partial charge in [0.25, 0.3) is 0 Å². The number of sulfone groups is 1. The van der Waals surface area contributed by atoms with Gasteiger partial charge >= 0.3 is 0 Å². The van der Waals surface area contributed by atoms with Gasteiger partial charge in [-0.3, -0.25) is 0 Å². The third-order valence-corrected chi connectivity index (χ3v) is 4.29. The molecule has 0 fully saturated rings. The Morgan fingerprint density at radius 3 is 2.74 bits per heavy atom. The van der Waals surface area contributed by atoms with E-state index in [2.05, 4.69) is 10.1 Å². The first-order chi connectivity index (χ1) is 8.94. The minimum absolute atomic E-state index is 0.189. The first-order valence-electron chi connectivity index (χ1n) is 5.62. The number of rotatable bonds is 5. The second kappa shape index (κ2) is 5.75. The Labute approximate surface area is 116 Å². The van der Waals surface area contributed by atoms with Crippen LogP contribution in [-0.4, -0.2) is 24.8 Å². The van der Waals surface area contributed by atoms with Crippen molar-refractivity contribution in [3.8, 4) is 0 Å². The summed E-state index contributed by atoms with van der Waals surface area (Å²) in [4.78, 5) is 5.21. The highest BCUT2D eigenvalue weighted by molar-refractivity contribution is 7.98. The number of hydrogen-bond donors (Lipinski definition) is 0. The van der Waals surface area contributed by atoms with Crippen LogP contribution in [0.5, 0.6) is 0 Å². The quantitative estimate of drug-likeness (QED) is 0.788. The summed E-state index contributed by atoms with van der Waals surface area (Å²) in [6, 6.07) is 8.01. The molecule has 2 aromatic rings. The zero-order chi connectivity index (χ0) is 13.9.